The molecule has 1 spiro atoms. The lowest BCUT2D eigenvalue weighted by Gasteiger charge is -2.08. The van der Waals surface area contributed by atoms with Gasteiger partial charge in [0.25, 0.3) is 0 Å². The average molecular weight is 328 g/mol. The summed E-state index contributed by atoms with van der Waals surface area (Å²) in [5, 5.41) is 10.2. The summed E-state index contributed by atoms with van der Waals surface area (Å²) in [6.07, 6.45) is 2.33. The Morgan fingerprint density at radius 3 is 3.17 bits per heavy atom. The average Bonchev–Trinajstić information content (AvgIpc) is 2.90. The summed E-state index contributed by atoms with van der Waals surface area (Å²) in [7, 11) is 1.57. The molecule has 1 aliphatic carbocycles. The quantitative estimate of drug-likeness (QED) is 0.869. The van der Waals surface area contributed by atoms with Gasteiger partial charge in [-0.25, -0.2) is 0 Å². The van der Waals surface area contributed by atoms with Gasteiger partial charge in [-0.2, -0.15) is 4.98 Å². The minimum absolute atomic E-state index is 0.0829. The van der Waals surface area contributed by atoms with E-state index in [9.17, 15) is 4.79 Å². The molecule has 24 heavy (non-hydrogen) atoms. The van der Waals surface area contributed by atoms with Gasteiger partial charge in [0.05, 0.1) is 19.2 Å². The highest BCUT2D eigenvalue weighted by molar-refractivity contribution is 5.93. The van der Waals surface area contributed by atoms with Crippen LogP contribution in [0.3, 0.4) is 0 Å². The van der Waals surface area contributed by atoms with Gasteiger partial charge in [0.1, 0.15) is 5.75 Å². The zero-order chi connectivity index (χ0) is 16.6. The molecule has 1 aromatic carbocycles. The van der Waals surface area contributed by atoms with E-state index in [2.05, 4.69) is 20.8 Å². The Labute approximate surface area is 139 Å². The van der Waals surface area contributed by atoms with Crippen LogP contribution in [0.5, 0.6) is 5.75 Å². The number of anilines is 1. The molecule has 2 N–H and O–H groups in total. The highest BCUT2D eigenvalue weighted by Crippen LogP contribution is 2.62. The minimum atomic E-state index is -0.195. The predicted octanol–water partition coefficient (Wildman–Crippen LogP) is 1.73. The van der Waals surface area contributed by atoms with E-state index >= 15 is 0 Å². The number of ether oxygens (including phenoxy) is 1. The number of hydrogen-bond donors (Lipinski definition) is 2. The number of nitrogens with zero attached hydrogens (tertiary/aromatic N) is 2. The summed E-state index contributed by atoms with van der Waals surface area (Å²) in [5.41, 5.74) is 0.940. The van der Waals surface area contributed by atoms with Crippen molar-refractivity contribution < 1.29 is 14.1 Å². The summed E-state index contributed by atoms with van der Waals surface area (Å²) >= 11 is 0. The number of carbonyl (C=O) groups excluding carboxylic acids is 1. The maximum absolute atomic E-state index is 12.2. The molecular weight excluding hydrogens is 308 g/mol. The van der Waals surface area contributed by atoms with Gasteiger partial charge in [0.15, 0.2) is 5.82 Å². The molecule has 2 aromatic rings. The van der Waals surface area contributed by atoms with Crippen LogP contribution in [0.1, 0.15) is 30.5 Å². The molecule has 4 rings (SSSR count). The smallest absolute Gasteiger partial charge is 0.232 e. The Balaban J connectivity index is 1.38. The van der Waals surface area contributed by atoms with Crippen LogP contribution in [-0.2, 0) is 11.2 Å². The van der Waals surface area contributed by atoms with Gasteiger partial charge in [-0.15, -0.1) is 0 Å². The van der Waals surface area contributed by atoms with E-state index in [1.165, 1.54) is 0 Å². The van der Waals surface area contributed by atoms with Crippen LogP contribution >= 0.6 is 0 Å². The Morgan fingerprint density at radius 1 is 1.50 bits per heavy atom. The normalized spacial score (nSPS) is 25.0. The second kappa shape index (κ2) is 5.90. The number of benzene rings is 1. The van der Waals surface area contributed by atoms with Crippen LogP contribution < -0.4 is 15.4 Å². The molecule has 1 aliphatic heterocycles. The van der Waals surface area contributed by atoms with E-state index in [0.717, 1.165) is 25.9 Å². The summed E-state index contributed by atoms with van der Waals surface area (Å²) in [6.45, 7) is 2.07. The van der Waals surface area contributed by atoms with Crippen LogP contribution in [0.15, 0.2) is 28.8 Å². The molecule has 2 atom stereocenters. The van der Waals surface area contributed by atoms with Crippen molar-refractivity contribution in [2.45, 2.75) is 25.2 Å². The first-order valence-electron chi connectivity index (χ1n) is 8.16. The van der Waals surface area contributed by atoms with Crippen LogP contribution in [0.2, 0.25) is 0 Å². The summed E-state index contributed by atoms with van der Waals surface area (Å²) in [4.78, 5) is 16.6. The number of aromatic nitrogens is 2. The Morgan fingerprint density at radius 2 is 2.38 bits per heavy atom. The topological polar surface area (TPSA) is 89.3 Å². The number of carbonyl (C=O) groups is 1. The maximum Gasteiger partial charge on any atom is 0.232 e. The molecular formula is C17H20N4O3. The highest BCUT2D eigenvalue weighted by atomic mass is 16.5. The number of nitrogens with one attached hydrogen (secondary N) is 2. The Bertz CT molecular complexity index is 752. The van der Waals surface area contributed by atoms with Crippen molar-refractivity contribution >= 4 is 11.6 Å². The Kier molecular flexibility index (Phi) is 3.72. The third kappa shape index (κ3) is 2.75. The fraction of sp³-hybridized carbons (Fsp3) is 0.471. The fourth-order valence-corrected chi connectivity index (χ4v) is 3.50. The number of amides is 1. The van der Waals surface area contributed by atoms with Crippen molar-refractivity contribution in [2.75, 3.05) is 25.5 Å². The summed E-state index contributed by atoms with van der Waals surface area (Å²) in [6, 6.07) is 7.28. The second-order valence-corrected chi connectivity index (χ2v) is 6.52. The lowest BCUT2D eigenvalue weighted by Crippen LogP contribution is -2.15. The molecule has 2 heterocycles. The third-order valence-electron chi connectivity index (χ3n) is 4.95. The third-order valence-corrected chi connectivity index (χ3v) is 4.95. The van der Waals surface area contributed by atoms with Gasteiger partial charge in [-0.3, -0.25) is 4.79 Å². The van der Waals surface area contributed by atoms with Gasteiger partial charge in [0.2, 0.25) is 11.8 Å². The van der Waals surface area contributed by atoms with E-state index in [4.69, 9.17) is 9.26 Å². The molecule has 7 nitrogen and oxygen atoms in total. The monoisotopic (exact) mass is 328 g/mol. The highest BCUT2D eigenvalue weighted by Gasteiger charge is 2.58. The molecule has 1 amide bonds. The SMILES string of the molecule is COc1ccccc1NC(=O)Cc1noc(C2CC23CCNC3)n1. The van der Waals surface area contributed by atoms with Crippen LogP contribution in [0.4, 0.5) is 5.69 Å². The molecule has 0 bridgehead atoms. The molecule has 1 aromatic heterocycles. The van der Waals surface area contributed by atoms with Crippen molar-refractivity contribution in [1.82, 2.24) is 15.5 Å². The lowest BCUT2D eigenvalue weighted by molar-refractivity contribution is -0.115. The van der Waals surface area contributed by atoms with Gasteiger partial charge < -0.3 is 19.9 Å². The molecule has 1 saturated heterocycles. The van der Waals surface area contributed by atoms with E-state index < -0.39 is 0 Å². The van der Waals surface area contributed by atoms with Crippen molar-refractivity contribution in [2.24, 2.45) is 5.41 Å². The van der Waals surface area contributed by atoms with Gasteiger partial charge in [-0.05, 0) is 36.9 Å². The number of rotatable bonds is 5. The van der Waals surface area contributed by atoms with Crippen molar-refractivity contribution in [3.63, 3.8) is 0 Å². The van der Waals surface area contributed by atoms with Gasteiger partial charge >= 0.3 is 0 Å². The van der Waals surface area contributed by atoms with E-state index in [-0.39, 0.29) is 12.3 Å². The lowest BCUT2D eigenvalue weighted by atomic mass is 10.0. The van der Waals surface area contributed by atoms with E-state index in [1.54, 1.807) is 19.2 Å². The molecule has 1 saturated carbocycles. The molecule has 126 valence electrons. The Hall–Kier alpha value is -2.41. The van der Waals surface area contributed by atoms with Gasteiger partial charge in [-0.1, -0.05) is 17.3 Å². The summed E-state index contributed by atoms with van der Waals surface area (Å²) in [5.74, 6) is 1.85. The molecule has 7 heteroatoms. The van der Waals surface area contributed by atoms with Gasteiger partial charge in [0, 0.05) is 12.5 Å². The minimum Gasteiger partial charge on any atom is -0.495 e. The first kappa shape index (κ1) is 15.1. The van der Waals surface area contributed by atoms with Crippen molar-refractivity contribution in [3.8, 4) is 5.75 Å². The van der Waals surface area contributed by atoms with Crippen molar-refractivity contribution in [1.29, 1.82) is 0 Å². The van der Waals surface area contributed by atoms with E-state index in [0.29, 0.717) is 34.5 Å². The fourth-order valence-electron chi connectivity index (χ4n) is 3.50. The zero-order valence-electron chi connectivity index (χ0n) is 13.5. The predicted molar refractivity (Wildman–Crippen MR) is 86.9 cm³/mol. The maximum atomic E-state index is 12.2. The first-order chi connectivity index (χ1) is 11.7. The number of para-hydroxylation sites is 2. The molecule has 2 aliphatic rings. The van der Waals surface area contributed by atoms with Crippen LogP contribution in [-0.4, -0.2) is 36.2 Å². The van der Waals surface area contributed by atoms with Crippen molar-refractivity contribution in [3.05, 3.63) is 36.0 Å². The summed E-state index contributed by atoms with van der Waals surface area (Å²) < 4.78 is 10.6. The zero-order valence-corrected chi connectivity index (χ0v) is 13.5. The first-order valence-corrected chi connectivity index (χ1v) is 8.16. The molecule has 2 unspecified atom stereocenters. The number of hydrogen-bond acceptors (Lipinski definition) is 6. The largest absolute Gasteiger partial charge is 0.495 e. The van der Waals surface area contributed by atoms with Crippen LogP contribution in [0.25, 0.3) is 0 Å². The van der Waals surface area contributed by atoms with E-state index in [1.807, 2.05) is 12.1 Å². The second-order valence-electron chi connectivity index (χ2n) is 6.52. The van der Waals surface area contributed by atoms with Crippen LogP contribution in [0, 0.1) is 5.41 Å². The molecule has 0 radical (unpaired) electrons. The molecule has 2 fully saturated rings. The standard InChI is InChI=1S/C17H20N4O3/c1-23-13-5-3-2-4-12(13)19-15(22)8-14-20-16(24-21-14)11-9-17(11)6-7-18-10-17/h2-5,11,18H,6-10H2,1H3,(H,19,22). The number of methoxy groups -OCH3 is 1.